The van der Waals surface area contributed by atoms with Gasteiger partial charge in [-0.2, -0.15) is 0 Å². The first-order valence-corrected chi connectivity index (χ1v) is 12.3. The standard InChI is InChI=1S/C28H25BrN4O2/c1-19-30-25-18-32(28(35)31-23-14-12-22(29)13-15-23)17-16-24(25)27(34)33(19)26(20-8-4-2-5-9-20)21-10-6-3-7-11-21/h2-15,26H,16-18H2,1H3,(H,31,35). The number of hydrogen-bond acceptors (Lipinski definition) is 3. The van der Waals surface area contributed by atoms with Gasteiger partial charge in [-0.05, 0) is 48.7 Å². The molecule has 5 rings (SSSR count). The summed E-state index contributed by atoms with van der Waals surface area (Å²) in [6.07, 6.45) is 0.464. The van der Waals surface area contributed by atoms with Gasteiger partial charge in [-0.3, -0.25) is 9.36 Å². The number of hydrogen-bond donors (Lipinski definition) is 1. The molecule has 0 fully saturated rings. The Hall–Kier alpha value is -3.71. The van der Waals surface area contributed by atoms with Gasteiger partial charge in [-0.1, -0.05) is 76.6 Å². The van der Waals surface area contributed by atoms with Gasteiger partial charge in [-0.15, -0.1) is 0 Å². The summed E-state index contributed by atoms with van der Waals surface area (Å²) in [5.74, 6) is 0.627. The molecule has 7 heteroatoms. The van der Waals surface area contributed by atoms with Crippen LogP contribution in [0.1, 0.15) is 34.3 Å². The first-order valence-electron chi connectivity index (χ1n) is 11.5. The summed E-state index contributed by atoms with van der Waals surface area (Å²) >= 11 is 3.40. The van der Waals surface area contributed by atoms with Crippen LogP contribution in [0.15, 0.2) is 94.2 Å². The second-order valence-corrected chi connectivity index (χ2v) is 9.51. The molecule has 0 saturated heterocycles. The van der Waals surface area contributed by atoms with E-state index in [1.54, 1.807) is 9.47 Å². The SMILES string of the molecule is Cc1nc2c(c(=O)n1C(c1ccccc1)c1ccccc1)CCN(C(=O)Nc1ccc(Br)cc1)C2. The number of nitrogens with one attached hydrogen (secondary N) is 1. The van der Waals surface area contributed by atoms with Crippen LogP contribution in [-0.4, -0.2) is 27.0 Å². The minimum atomic E-state index is -0.276. The number of amides is 2. The van der Waals surface area contributed by atoms with E-state index in [9.17, 15) is 9.59 Å². The van der Waals surface area contributed by atoms with Crippen molar-refractivity contribution in [2.75, 3.05) is 11.9 Å². The van der Waals surface area contributed by atoms with E-state index in [-0.39, 0.29) is 17.6 Å². The van der Waals surface area contributed by atoms with Crippen molar-refractivity contribution in [2.45, 2.75) is 25.9 Å². The Kier molecular flexibility index (Phi) is 6.51. The quantitative estimate of drug-likeness (QED) is 0.378. The lowest BCUT2D eigenvalue weighted by Gasteiger charge is -2.30. The monoisotopic (exact) mass is 528 g/mol. The summed E-state index contributed by atoms with van der Waals surface area (Å²) in [4.78, 5) is 33.2. The third kappa shape index (κ3) is 4.77. The Morgan fingerprint density at radius 3 is 2.14 bits per heavy atom. The number of aryl methyl sites for hydroxylation is 1. The molecule has 0 saturated carbocycles. The number of urea groups is 1. The molecule has 0 spiro atoms. The number of benzene rings is 3. The van der Waals surface area contributed by atoms with E-state index in [4.69, 9.17) is 4.98 Å². The molecule has 1 aliphatic rings. The molecule has 1 N–H and O–H groups in total. The van der Waals surface area contributed by atoms with Crippen LogP contribution < -0.4 is 10.9 Å². The normalized spacial score (nSPS) is 12.9. The van der Waals surface area contributed by atoms with E-state index in [2.05, 4.69) is 21.2 Å². The summed E-state index contributed by atoms with van der Waals surface area (Å²) in [6.45, 7) is 2.62. The van der Waals surface area contributed by atoms with Crippen LogP contribution in [0.4, 0.5) is 10.5 Å². The van der Waals surface area contributed by atoms with Crippen molar-refractivity contribution in [2.24, 2.45) is 0 Å². The maximum atomic E-state index is 13.8. The summed E-state index contributed by atoms with van der Waals surface area (Å²) in [5, 5.41) is 2.93. The topological polar surface area (TPSA) is 67.2 Å². The molecule has 1 aromatic heterocycles. The number of anilines is 1. The molecule has 35 heavy (non-hydrogen) atoms. The molecule has 6 nitrogen and oxygen atoms in total. The van der Waals surface area contributed by atoms with Gasteiger partial charge in [0.15, 0.2) is 0 Å². The van der Waals surface area contributed by atoms with Gasteiger partial charge in [0.2, 0.25) is 0 Å². The van der Waals surface area contributed by atoms with Gasteiger partial charge in [-0.25, -0.2) is 9.78 Å². The molecule has 176 valence electrons. The van der Waals surface area contributed by atoms with Gasteiger partial charge in [0.25, 0.3) is 5.56 Å². The van der Waals surface area contributed by atoms with Crippen LogP contribution in [0.5, 0.6) is 0 Å². The summed E-state index contributed by atoms with van der Waals surface area (Å²) in [6, 6.07) is 27.0. The van der Waals surface area contributed by atoms with Gasteiger partial charge in [0.05, 0.1) is 18.3 Å². The Morgan fingerprint density at radius 2 is 1.54 bits per heavy atom. The van der Waals surface area contributed by atoms with Crippen LogP contribution in [0, 0.1) is 6.92 Å². The van der Waals surface area contributed by atoms with Crippen molar-refractivity contribution in [3.05, 3.63) is 128 Å². The van der Waals surface area contributed by atoms with E-state index in [1.165, 1.54) is 0 Å². The first-order chi connectivity index (χ1) is 17.0. The van der Waals surface area contributed by atoms with Gasteiger partial charge in [0, 0.05) is 22.3 Å². The van der Waals surface area contributed by atoms with Crippen molar-refractivity contribution in [1.29, 1.82) is 0 Å². The highest BCUT2D eigenvalue weighted by Crippen LogP contribution is 2.27. The highest BCUT2D eigenvalue weighted by molar-refractivity contribution is 9.10. The third-order valence-electron chi connectivity index (χ3n) is 6.31. The van der Waals surface area contributed by atoms with E-state index >= 15 is 0 Å². The van der Waals surface area contributed by atoms with Crippen molar-refractivity contribution in [1.82, 2.24) is 14.5 Å². The number of rotatable bonds is 4. The van der Waals surface area contributed by atoms with E-state index in [0.717, 1.165) is 21.3 Å². The molecule has 0 bridgehead atoms. The van der Waals surface area contributed by atoms with Crippen molar-refractivity contribution in [3.63, 3.8) is 0 Å². The Balaban J connectivity index is 1.48. The molecule has 0 aliphatic carbocycles. The molecular formula is C28H25BrN4O2. The zero-order valence-corrected chi connectivity index (χ0v) is 20.9. The number of carbonyl (C=O) groups is 1. The van der Waals surface area contributed by atoms with Crippen LogP contribution in [-0.2, 0) is 13.0 Å². The average molecular weight is 529 g/mol. The molecule has 2 heterocycles. The zero-order valence-electron chi connectivity index (χ0n) is 19.3. The number of carbonyl (C=O) groups excluding carboxylic acids is 1. The van der Waals surface area contributed by atoms with Crippen molar-refractivity contribution >= 4 is 27.6 Å². The van der Waals surface area contributed by atoms with E-state index in [0.29, 0.717) is 36.6 Å². The molecule has 0 unspecified atom stereocenters. The van der Waals surface area contributed by atoms with E-state index < -0.39 is 0 Å². The highest BCUT2D eigenvalue weighted by atomic mass is 79.9. The maximum absolute atomic E-state index is 13.8. The van der Waals surface area contributed by atoms with Gasteiger partial charge >= 0.3 is 6.03 Å². The summed E-state index contributed by atoms with van der Waals surface area (Å²) in [7, 11) is 0. The van der Waals surface area contributed by atoms with Crippen LogP contribution in [0.25, 0.3) is 0 Å². The minimum absolute atomic E-state index is 0.0434. The maximum Gasteiger partial charge on any atom is 0.322 e. The Bertz CT molecular complexity index is 1360. The van der Waals surface area contributed by atoms with Crippen LogP contribution in [0.2, 0.25) is 0 Å². The van der Waals surface area contributed by atoms with E-state index in [1.807, 2.05) is 91.9 Å². The van der Waals surface area contributed by atoms with Gasteiger partial charge < -0.3 is 10.2 Å². The zero-order chi connectivity index (χ0) is 24.4. The third-order valence-corrected chi connectivity index (χ3v) is 6.84. The molecule has 0 radical (unpaired) electrons. The van der Waals surface area contributed by atoms with Crippen LogP contribution in [0.3, 0.4) is 0 Å². The highest BCUT2D eigenvalue weighted by Gasteiger charge is 2.28. The first kappa shape index (κ1) is 23.1. The minimum Gasteiger partial charge on any atom is -0.318 e. The molecule has 4 aromatic rings. The van der Waals surface area contributed by atoms with Crippen molar-refractivity contribution < 1.29 is 4.79 Å². The predicted molar refractivity (Wildman–Crippen MR) is 141 cm³/mol. The number of aromatic nitrogens is 2. The van der Waals surface area contributed by atoms with Gasteiger partial charge in [0.1, 0.15) is 5.82 Å². The lowest BCUT2D eigenvalue weighted by atomic mass is 9.97. The number of halogens is 1. The summed E-state index contributed by atoms with van der Waals surface area (Å²) in [5.41, 5.74) is 4.07. The fraction of sp³-hybridized carbons (Fsp3) is 0.179. The Morgan fingerprint density at radius 1 is 0.943 bits per heavy atom. The molecule has 2 amide bonds. The predicted octanol–water partition coefficient (Wildman–Crippen LogP) is 5.54. The van der Waals surface area contributed by atoms with Crippen LogP contribution >= 0.6 is 15.9 Å². The average Bonchev–Trinajstić information content (AvgIpc) is 2.88. The molecule has 1 aliphatic heterocycles. The molecular weight excluding hydrogens is 504 g/mol. The number of fused-ring (bicyclic) bond motifs is 1. The van der Waals surface area contributed by atoms with Crippen molar-refractivity contribution in [3.8, 4) is 0 Å². The Labute approximate surface area is 212 Å². The second-order valence-electron chi connectivity index (χ2n) is 8.59. The smallest absolute Gasteiger partial charge is 0.318 e. The molecule has 0 atom stereocenters. The second kappa shape index (κ2) is 9.88. The number of nitrogens with zero attached hydrogens (tertiary/aromatic N) is 3. The fourth-order valence-electron chi connectivity index (χ4n) is 4.60. The molecule has 3 aromatic carbocycles. The largest absolute Gasteiger partial charge is 0.322 e. The summed E-state index contributed by atoms with van der Waals surface area (Å²) < 4.78 is 2.74. The fourth-order valence-corrected chi connectivity index (χ4v) is 4.86. The lowest BCUT2D eigenvalue weighted by molar-refractivity contribution is 0.205. The lowest BCUT2D eigenvalue weighted by Crippen LogP contribution is -2.43.